The molecule has 1 fully saturated rings. The molecule has 0 aliphatic carbocycles. The molecule has 0 unspecified atom stereocenters. The van der Waals surface area contributed by atoms with Crippen molar-refractivity contribution in [2.45, 2.75) is 58.2 Å². The maximum atomic E-state index is 11.1. The molecule has 0 spiro atoms. The average molecular weight is 261 g/mol. The van der Waals surface area contributed by atoms with Crippen LogP contribution in [0.25, 0.3) is 0 Å². The van der Waals surface area contributed by atoms with Gasteiger partial charge in [-0.1, -0.05) is 37.3 Å². The Balaban J connectivity index is 2.28. The molecule has 19 heavy (non-hydrogen) atoms. The van der Waals surface area contributed by atoms with Crippen LogP contribution in [0.15, 0.2) is 30.3 Å². The Labute approximate surface area is 117 Å². The van der Waals surface area contributed by atoms with E-state index in [4.69, 9.17) is 0 Å². The molecule has 0 radical (unpaired) electrons. The van der Waals surface area contributed by atoms with Gasteiger partial charge in [-0.3, -0.25) is 4.90 Å². The second kappa shape index (κ2) is 4.92. The highest BCUT2D eigenvalue weighted by Gasteiger charge is 2.45. The molecular formula is C17H27NO. The van der Waals surface area contributed by atoms with Crippen LogP contribution < -0.4 is 0 Å². The molecular weight excluding hydrogens is 234 g/mol. The first kappa shape index (κ1) is 14.5. The predicted octanol–water partition coefficient (Wildman–Crippen LogP) is 3.40. The van der Waals surface area contributed by atoms with Gasteiger partial charge in [-0.25, -0.2) is 0 Å². The number of hydrogen-bond acceptors (Lipinski definition) is 2. The average Bonchev–Trinajstić information content (AvgIpc) is 2.33. The third-order valence-electron chi connectivity index (χ3n) is 4.56. The molecule has 0 aromatic heterocycles. The van der Waals surface area contributed by atoms with Crippen molar-refractivity contribution in [2.75, 3.05) is 6.54 Å². The van der Waals surface area contributed by atoms with E-state index in [1.54, 1.807) is 0 Å². The lowest BCUT2D eigenvalue weighted by molar-refractivity contribution is -0.111. The van der Waals surface area contributed by atoms with E-state index in [1.165, 1.54) is 0 Å². The Morgan fingerprint density at radius 3 is 2.26 bits per heavy atom. The molecule has 1 aliphatic heterocycles. The lowest BCUT2D eigenvalue weighted by Gasteiger charge is -2.52. The van der Waals surface area contributed by atoms with Crippen LogP contribution >= 0.6 is 0 Å². The highest BCUT2D eigenvalue weighted by Crippen LogP contribution is 2.41. The zero-order valence-electron chi connectivity index (χ0n) is 12.9. The van der Waals surface area contributed by atoms with Crippen molar-refractivity contribution in [1.82, 2.24) is 4.90 Å². The van der Waals surface area contributed by atoms with E-state index in [0.29, 0.717) is 6.04 Å². The minimum Gasteiger partial charge on any atom is -0.385 e. The largest absolute Gasteiger partial charge is 0.385 e. The van der Waals surface area contributed by atoms with Crippen LogP contribution in [0.2, 0.25) is 0 Å². The van der Waals surface area contributed by atoms with Crippen molar-refractivity contribution in [2.24, 2.45) is 5.92 Å². The van der Waals surface area contributed by atoms with Gasteiger partial charge in [0.15, 0.2) is 0 Å². The Bertz CT molecular complexity index is 423. The van der Waals surface area contributed by atoms with Gasteiger partial charge in [-0.05, 0) is 39.7 Å². The number of benzene rings is 1. The molecule has 1 saturated heterocycles. The van der Waals surface area contributed by atoms with Gasteiger partial charge in [0.1, 0.15) is 0 Å². The second-order valence-electron chi connectivity index (χ2n) is 7.07. The Hall–Kier alpha value is -0.860. The number of nitrogens with zero attached hydrogens (tertiary/aromatic N) is 1. The lowest BCUT2D eigenvalue weighted by atomic mass is 9.73. The zero-order chi connectivity index (χ0) is 14.3. The predicted molar refractivity (Wildman–Crippen MR) is 80.0 cm³/mol. The minimum absolute atomic E-state index is 0.158. The summed E-state index contributed by atoms with van der Waals surface area (Å²) in [4.78, 5) is 2.51. The molecule has 0 bridgehead atoms. The molecule has 1 heterocycles. The number of piperidine rings is 1. The first-order valence-electron chi connectivity index (χ1n) is 7.30. The first-order valence-corrected chi connectivity index (χ1v) is 7.30. The van der Waals surface area contributed by atoms with E-state index < -0.39 is 5.60 Å². The van der Waals surface area contributed by atoms with E-state index in [9.17, 15) is 5.11 Å². The summed E-state index contributed by atoms with van der Waals surface area (Å²) in [6, 6.07) is 10.5. The zero-order valence-corrected chi connectivity index (χ0v) is 12.9. The van der Waals surface area contributed by atoms with Crippen LogP contribution in [-0.2, 0) is 5.60 Å². The fraction of sp³-hybridized carbons (Fsp3) is 0.647. The van der Waals surface area contributed by atoms with Gasteiger partial charge < -0.3 is 5.11 Å². The van der Waals surface area contributed by atoms with E-state index in [0.717, 1.165) is 18.5 Å². The maximum Gasteiger partial charge on any atom is 0.0948 e. The van der Waals surface area contributed by atoms with Crippen LogP contribution in [0.3, 0.4) is 0 Å². The molecule has 2 rings (SSSR count). The van der Waals surface area contributed by atoms with Crippen LogP contribution in [0.1, 0.15) is 46.6 Å². The SMILES string of the molecule is C[C@@H]1CN(C(C)(C)C)[C@@H](C)C[C@@]1(O)c1ccccc1. The summed E-state index contributed by atoms with van der Waals surface area (Å²) < 4.78 is 0. The Morgan fingerprint density at radius 1 is 1.16 bits per heavy atom. The normalized spacial score (nSPS) is 33.4. The highest BCUT2D eigenvalue weighted by molar-refractivity contribution is 5.24. The van der Waals surface area contributed by atoms with Gasteiger partial charge in [0.25, 0.3) is 0 Å². The van der Waals surface area contributed by atoms with Crippen molar-refractivity contribution in [1.29, 1.82) is 0 Å². The minimum atomic E-state index is -0.692. The summed E-state index contributed by atoms with van der Waals surface area (Å²) in [7, 11) is 0. The van der Waals surface area contributed by atoms with Crippen molar-refractivity contribution < 1.29 is 5.11 Å². The molecule has 1 N–H and O–H groups in total. The molecule has 1 aromatic carbocycles. The van der Waals surface area contributed by atoms with E-state index in [1.807, 2.05) is 18.2 Å². The Morgan fingerprint density at radius 2 is 1.74 bits per heavy atom. The van der Waals surface area contributed by atoms with Crippen molar-refractivity contribution in [3.8, 4) is 0 Å². The molecule has 106 valence electrons. The van der Waals surface area contributed by atoms with Gasteiger partial charge in [0, 0.05) is 24.0 Å². The molecule has 3 atom stereocenters. The third-order valence-corrected chi connectivity index (χ3v) is 4.56. The number of rotatable bonds is 1. The molecule has 0 saturated carbocycles. The summed E-state index contributed by atoms with van der Waals surface area (Å²) in [5.74, 6) is 0.241. The fourth-order valence-corrected chi connectivity index (χ4v) is 3.45. The maximum absolute atomic E-state index is 11.1. The van der Waals surface area contributed by atoms with Crippen molar-refractivity contribution in [3.63, 3.8) is 0 Å². The summed E-state index contributed by atoms with van der Waals surface area (Å²) in [5, 5.41) is 11.1. The van der Waals surface area contributed by atoms with Gasteiger partial charge in [0.2, 0.25) is 0 Å². The van der Waals surface area contributed by atoms with E-state index >= 15 is 0 Å². The van der Waals surface area contributed by atoms with Crippen molar-refractivity contribution >= 4 is 0 Å². The van der Waals surface area contributed by atoms with E-state index in [-0.39, 0.29) is 11.5 Å². The third kappa shape index (κ3) is 2.70. The van der Waals surface area contributed by atoms with Gasteiger partial charge in [-0.2, -0.15) is 0 Å². The number of hydrogen-bond donors (Lipinski definition) is 1. The number of aliphatic hydroxyl groups is 1. The Kier molecular flexibility index (Phi) is 3.76. The van der Waals surface area contributed by atoms with Crippen LogP contribution in [0.5, 0.6) is 0 Å². The standard InChI is InChI=1S/C17H27NO/c1-13-12-18(16(3,4)5)14(2)11-17(13,19)15-9-7-6-8-10-15/h6-10,13-14,19H,11-12H2,1-5H3/t13-,14+,17+/m1/s1. The molecule has 1 aromatic rings. The summed E-state index contributed by atoms with van der Waals surface area (Å²) >= 11 is 0. The quantitative estimate of drug-likeness (QED) is 0.837. The highest BCUT2D eigenvalue weighted by atomic mass is 16.3. The van der Waals surface area contributed by atoms with Crippen LogP contribution in [-0.4, -0.2) is 28.1 Å². The molecule has 1 aliphatic rings. The molecule has 2 nitrogen and oxygen atoms in total. The molecule has 0 amide bonds. The summed E-state index contributed by atoms with van der Waals surface area (Å²) in [5.41, 5.74) is 0.525. The van der Waals surface area contributed by atoms with Crippen LogP contribution in [0, 0.1) is 5.92 Å². The topological polar surface area (TPSA) is 23.5 Å². The lowest BCUT2D eigenvalue weighted by Crippen LogP contribution is -2.58. The van der Waals surface area contributed by atoms with Crippen molar-refractivity contribution in [3.05, 3.63) is 35.9 Å². The van der Waals surface area contributed by atoms with Gasteiger partial charge in [0.05, 0.1) is 5.60 Å². The second-order valence-corrected chi connectivity index (χ2v) is 7.07. The smallest absolute Gasteiger partial charge is 0.0948 e. The monoisotopic (exact) mass is 261 g/mol. The van der Waals surface area contributed by atoms with E-state index in [2.05, 4.69) is 51.7 Å². The van der Waals surface area contributed by atoms with Gasteiger partial charge >= 0.3 is 0 Å². The number of likely N-dealkylation sites (tertiary alicyclic amines) is 1. The fourth-order valence-electron chi connectivity index (χ4n) is 3.45. The molecule has 2 heteroatoms. The first-order chi connectivity index (χ1) is 8.75. The summed E-state index contributed by atoms with van der Waals surface area (Å²) in [6.07, 6.45) is 0.801. The summed E-state index contributed by atoms with van der Waals surface area (Å²) in [6.45, 7) is 12.1. The van der Waals surface area contributed by atoms with Crippen LogP contribution in [0.4, 0.5) is 0 Å². The van der Waals surface area contributed by atoms with Gasteiger partial charge in [-0.15, -0.1) is 0 Å².